The number of hydrogen-bond acceptors (Lipinski definition) is 5. The lowest BCUT2D eigenvalue weighted by atomic mass is 9.98. The van der Waals surface area contributed by atoms with E-state index in [1.54, 1.807) is 0 Å². The molecule has 1 aliphatic carbocycles. The summed E-state index contributed by atoms with van der Waals surface area (Å²) in [6.07, 6.45) is 5.07. The van der Waals surface area contributed by atoms with Crippen LogP contribution in [0.15, 0.2) is 48.5 Å². The van der Waals surface area contributed by atoms with Crippen molar-refractivity contribution in [2.45, 2.75) is 44.8 Å². The van der Waals surface area contributed by atoms with Crippen LogP contribution in [0, 0.1) is 0 Å². The molecule has 7 heteroatoms. The van der Waals surface area contributed by atoms with E-state index >= 15 is 0 Å². The van der Waals surface area contributed by atoms with E-state index in [-0.39, 0.29) is 6.10 Å². The first-order valence-corrected chi connectivity index (χ1v) is 11.0. The Morgan fingerprint density at radius 2 is 1.71 bits per heavy atom. The van der Waals surface area contributed by atoms with Crippen molar-refractivity contribution < 1.29 is 9.53 Å². The first-order valence-electron chi connectivity index (χ1n) is 10.6. The van der Waals surface area contributed by atoms with Gasteiger partial charge in [0.25, 0.3) is 0 Å². The molecule has 5 rings (SSSR count). The molecule has 1 aliphatic rings. The minimum absolute atomic E-state index is 0.0660. The number of halogens is 1. The predicted octanol–water partition coefficient (Wildman–Crippen LogP) is 5.36. The molecule has 0 amide bonds. The topological polar surface area (TPSA) is 83.0 Å². The quantitative estimate of drug-likeness (QED) is 0.437. The summed E-state index contributed by atoms with van der Waals surface area (Å²) in [7, 11) is 0. The van der Waals surface area contributed by atoms with E-state index in [0.717, 1.165) is 36.8 Å². The molecule has 1 saturated carbocycles. The third-order valence-corrected chi connectivity index (χ3v) is 6.13. The number of carbonyl (C=O) groups is 1. The molecular weight excluding hydrogens is 412 g/mol. The van der Waals surface area contributed by atoms with Crippen molar-refractivity contribution in [3.05, 3.63) is 64.7 Å². The van der Waals surface area contributed by atoms with Crippen LogP contribution in [0.3, 0.4) is 0 Å². The van der Waals surface area contributed by atoms with Gasteiger partial charge in [-0.25, -0.2) is 14.8 Å². The molecule has 0 radical (unpaired) electrons. The third kappa shape index (κ3) is 3.83. The van der Waals surface area contributed by atoms with Gasteiger partial charge in [-0.1, -0.05) is 42.3 Å². The zero-order chi connectivity index (χ0) is 21.4. The third-order valence-electron chi connectivity index (χ3n) is 5.88. The second-order valence-electron chi connectivity index (χ2n) is 8.02. The number of carbonyl (C=O) groups excluding carboxylic acids is 1. The van der Waals surface area contributed by atoms with Gasteiger partial charge < -0.3 is 15.0 Å². The molecular formula is C24H23ClN4O2. The van der Waals surface area contributed by atoms with Crippen molar-refractivity contribution in [3.63, 3.8) is 0 Å². The number of fused-ring (bicyclic) bond motifs is 2. The van der Waals surface area contributed by atoms with Crippen molar-refractivity contribution in [1.82, 2.24) is 14.5 Å². The molecule has 2 aromatic heterocycles. The molecule has 0 bridgehead atoms. The average molecular weight is 435 g/mol. The number of benzene rings is 2. The Morgan fingerprint density at radius 3 is 2.42 bits per heavy atom. The van der Waals surface area contributed by atoms with Crippen LogP contribution < -0.4 is 5.73 Å². The van der Waals surface area contributed by atoms with E-state index < -0.39 is 5.97 Å². The summed E-state index contributed by atoms with van der Waals surface area (Å²) in [4.78, 5) is 22.7. The number of nitrogens with zero attached hydrogens (tertiary/aromatic N) is 3. The van der Waals surface area contributed by atoms with Crippen LogP contribution in [0.4, 0.5) is 5.82 Å². The van der Waals surface area contributed by atoms with Gasteiger partial charge in [0.2, 0.25) is 0 Å². The normalized spacial score (nSPS) is 14.9. The second kappa shape index (κ2) is 8.19. The number of anilines is 1. The maximum Gasteiger partial charge on any atom is 0.344 e. The summed E-state index contributed by atoms with van der Waals surface area (Å²) >= 11 is 6.03. The largest absolute Gasteiger partial charge is 0.459 e. The smallest absolute Gasteiger partial charge is 0.344 e. The Balaban J connectivity index is 1.62. The zero-order valence-corrected chi connectivity index (χ0v) is 17.8. The fourth-order valence-corrected chi connectivity index (χ4v) is 4.37. The van der Waals surface area contributed by atoms with E-state index in [9.17, 15) is 4.79 Å². The molecule has 2 N–H and O–H groups in total. The first-order chi connectivity index (χ1) is 15.1. The van der Waals surface area contributed by atoms with Crippen molar-refractivity contribution in [3.8, 4) is 0 Å². The van der Waals surface area contributed by atoms with E-state index in [1.807, 2.05) is 53.1 Å². The van der Waals surface area contributed by atoms with Crippen LogP contribution in [-0.2, 0) is 11.3 Å². The Kier molecular flexibility index (Phi) is 5.24. The molecule has 2 heterocycles. The van der Waals surface area contributed by atoms with E-state index in [4.69, 9.17) is 32.0 Å². The Bertz CT molecular complexity index is 1260. The van der Waals surface area contributed by atoms with Crippen LogP contribution in [0.2, 0.25) is 5.02 Å². The fraction of sp³-hybridized carbons (Fsp3) is 0.292. The van der Waals surface area contributed by atoms with E-state index in [2.05, 4.69) is 0 Å². The van der Waals surface area contributed by atoms with E-state index in [0.29, 0.717) is 39.6 Å². The Morgan fingerprint density at radius 1 is 1.03 bits per heavy atom. The number of ether oxygens (including phenoxy) is 1. The van der Waals surface area contributed by atoms with Gasteiger partial charge in [0.1, 0.15) is 23.0 Å². The lowest BCUT2D eigenvalue weighted by Crippen LogP contribution is -2.21. The van der Waals surface area contributed by atoms with Gasteiger partial charge in [0, 0.05) is 5.02 Å². The van der Waals surface area contributed by atoms with Crippen molar-refractivity contribution in [1.29, 1.82) is 0 Å². The lowest BCUT2D eigenvalue weighted by molar-refractivity contribution is 0.0214. The molecule has 31 heavy (non-hydrogen) atoms. The minimum Gasteiger partial charge on any atom is -0.459 e. The van der Waals surface area contributed by atoms with Gasteiger partial charge in [-0.05, 0) is 55.5 Å². The highest BCUT2D eigenvalue weighted by Gasteiger charge is 2.27. The second-order valence-corrected chi connectivity index (χ2v) is 8.46. The van der Waals surface area contributed by atoms with Crippen LogP contribution >= 0.6 is 11.6 Å². The maximum atomic E-state index is 13.2. The number of nitrogens with two attached hydrogens (primary N) is 1. The van der Waals surface area contributed by atoms with Crippen LogP contribution in [0.1, 0.15) is 48.0 Å². The molecule has 0 spiro atoms. The summed E-state index contributed by atoms with van der Waals surface area (Å²) in [6, 6.07) is 15.1. The highest BCUT2D eigenvalue weighted by molar-refractivity contribution is 6.30. The molecule has 0 unspecified atom stereocenters. The summed E-state index contributed by atoms with van der Waals surface area (Å²) in [5.41, 5.74) is 10.3. The number of rotatable bonds is 4. The monoisotopic (exact) mass is 434 g/mol. The summed E-state index contributed by atoms with van der Waals surface area (Å²) < 4.78 is 7.67. The summed E-state index contributed by atoms with van der Waals surface area (Å²) in [6.45, 7) is 0.448. The van der Waals surface area contributed by atoms with Gasteiger partial charge in [-0.3, -0.25) is 0 Å². The first kappa shape index (κ1) is 19.8. The highest BCUT2D eigenvalue weighted by atomic mass is 35.5. The Hall–Kier alpha value is -3.12. The number of aromatic nitrogens is 3. The molecule has 2 aromatic carbocycles. The SMILES string of the molecule is Nc1c(C(=O)OC2CCCCC2)c2nc3ccccc3nc2n1Cc1ccc(Cl)cc1. The number of nitrogen functional groups attached to an aromatic ring is 1. The summed E-state index contributed by atoms with van der Waals surface area (Å²) in [5, 5.41) is 0.664. The maximum absolute atomic E-state index is 13.2. The molecule has 158 valence electrons. The van der Waals surface area contributed by atoms with Crippen LogP contribution in [-0.4, -0.2) is 26.6 Å². The molecule has 4 aromatic rings. The highest BCUT2D eigenvalue weighted by Crippen LogP contribution is 2.31. The zero-order valence-electron chi connectivity index (χ0n) is 17.1. The van der Waals surface area contributed by atoms with Gasteiger partial charge in [-0.15, -0.1) is 0 Å². The Labute approximate surface area is 185 Å². The number of hydrogen-bond donors (Lipinski definition) is 1. The lowest BCUT2D eigenvalue weighted by Gasteiger charge is -2.21. The van der Waals surface area contributed by atoms with Gasteiger partial charge in [-0.2, -0.15) is 0 Å². The van der Waals surface area contributed by atoms with Crippen molar-refractivity contribution in [2.24, 2.45) is 0 Å². The van der Waals surface area contributed by atoms with Crippen molar-refractivity contribution in [2.75, 3.05) is 5.73 Å². The molecule has 0 atom stereocenters. The number of para-hydroxylation sites is 2. The number of esters is 1. The van der Waals surface area contributed by atoms with Crippen LogP contribution in [0.25, 0.3) is 22.2 Å². The van der Waals surface area contributed by atoms with Crippen molar-refractivity contribution >= 4 is 45.6 Å². The average Bonchev–Trinajstić information content (AvgIpc) is 3.05. The fourth-order valence-electron chi connectivity index (χ4n) is 4.24. The molecule has 1 fully saturated rings. The molecule has 6 nitrogen and oxygen atoms in total. The van der Waals surface area contributed by atoms with Gasteiger partial charge in [0.15, 0.2) is 5.65 Å². The summed E-state index contributed by atoms with van der Waals surface area (Å²) in [5.74, 6) is -0.102. The van der Waals surface area contributed by atoms with Crippen LogP contribution in [0.5, 0.6) is 0 Å². The standard InChI is InChI=1S/C24H23ClN4O2/c25-16-12-10-15(11-13-16)14-29-22(26)20(24(30)31-17-6-2-1-3-7-17)21-23(29)28-19-9-5-4-8-18(19)27-21/h4-5,8-13,17H,1-3,6-7,14,26H2. The van der Waals surface area contributed by atoms with Gasteiger partial charge in [0.05, 0.1) is 17.6 Å². The predicted molar refractivity (Wildman–Crippen MR) is 122 cm³/mol. The molecule has 0 aliphatic heterocycles. The minimum atomic E-state index is -0.422. The molecule has 0 saturated heterocycles. The van der Waals surface area contributed by atoms with E-state index in [1.165, 1.54) is 6.42 Å². The van der Waals surface area contributed by atoms with Gasteiger partial charge >= 0.3 is 5.97 Å².